The Morgan fingerprint density at radius 2 is 2.42 bits per heavy atom. The average molecular weight is 183 g/mol. The lowest BCUT2D eigenvalue weighted by atomic mass is 10.1. The minimum Gasteiger partial charge on any atom is -0.478 e. The molecular weight excluding hydrogens is 180 g/mol. The number of halogens is 1. The highest BCUT2D eigenvalue weighted by atomic mass is 35.5. The molecule has 12 heavy (non-hydrogen) atoms. The quantitative estimate of drug-likeness (QED) is 0.665. The predicted octanol–water partition coefficient (Wildman–Crippen LogP) is 1.30. The van der Waals surface area contributed by atoms with Gasteiger partial charge in [0.2, 0.25) is 0 Å². The summed E-state index contributed by atoms with van der Waals surface area (Å²) in [5, 5.41) is 17.2. The second-order valence-electron chi connectivity index (χ2n) is 1.97. The summed E-state index contributed by atoms with van der Waals surface area (Å²) in [6.07, 6.45) is 1.06. The van der Waals surface area contributed by atoms with Crippen molar-refractivity contribution in [2.24, 2.45) is 0 Å². The molecule has 0 amide bonds. The molecule has 1 aromatic heterocycles. The van der Waals surface area contributed by atoms with Gasteiger partial charge in [0.1, 0.15) is 11.2 Å². The maximum atomic E-state index is 10.5. The van der Waals surface area contributed by atoms with Gasteiger partial charge in [-0.1, -0.05) is 11.6 Å². The molecule has 0 radical (unpaired) electrons. The van der Waals surface area contributed by atoms with Crippen LogP contribution < -0.4 is 0 Å². The van der Waals surface area contributed by atoms with E-state index in [1.807, 2.05) is 0 Å². The third kappa shape index (κ3) is 1.52. The Bertz CT molecular complexity index is 370. The van der Waals surface area contributed by atoms with Crippen molar-refractivity contribution in [1.29, 1.82) is 5.26 Å². The van der Waals surface area contributed by atoms with Gasteiger partial charge < -0.3 is 5.11 Å². The van der Waals surface area contributed by atoms with E-state index in [2.05, 4.69) is 4.98 Å². The number of carboxylic acids is 1. The summed E-state index contributed by atoms with van der Waals surface area (Å²) in [5.74, 6) is -1.18. The maximum Gasteiger partial charge on any atom is 0.338 e. The van der Waals surface area contributed by atoms with E-state index in [1.165, 1.54) is 6.07 Å². The van der Waals surface area contributed by atoms with Crippen molar-refractivity contribution in [2.75, 3.05) is 0 Å². The monoisotopic (exact) mass is 182 g/mol. The second kappa shape index (κ2) is 3.20. The van der Waals surface area contributed by atoms with Crippen LogP contribution in [0.5, 0.6) is 0 Å². The van der Waals surface area contributed by atoms with Gasteiger partial charge in [0, 0.05) is 6.20 Å². The van der Waals surface area contributed by atoms with Crippen molar-refractivity contribution in [3.63, 3.8) is 0 Å². The molecule has 1 heterocycles. The third-order valence-corrected chi connectivity index (χ3v) is 1.43. The lowest BCUT2D eigenvalue weighted by Gasteiger charge is -1.96. The van der Waals surface area contributed by atoms with E-state index in [-0.39, 0.29) is 16.3 Å². The van der Waals surface area contributed by atoms with Crippen LogP contribution in [-0.4, -0.2) is 16.1 Å². The Labute approximate surface area is 73.0 Å². The molecule has 0 aliphatic rings. The van der Waals surface area contributed by atoms with Crippen molar-refractivity contribution in [2.45, 2.75) is 0 Å². The molecule has 0 bridgehead atoms. The fourth-order valence-corrected chi connectivity index (χ4v) is 0.851. The fraction of sp³-hybridized carbons (Fsp3) is 0. The number of nitrogens with zero attached hydrogens (tertiary/aromatic N) is 2. The standard InChI is InChI=1S/C7H3ClN2O2/c8-6-1-4(2-9)5(3-10-6)7(11)12/h1,3H,(H,11,12). The van der Waals surface area contributed by atoms with Crippen molar-refractivity contribution >= 4 is 17.6 Å². The van der Waals surface area contributed by atoms with E-state index in [1.54, 1.807) is 6.07 Å². The lowest BCUT2D eigenvalue weighted by Crippen LogP contribution is -2.00. The third-order valence-electron chi connectivity index (χ3n) is 1.22. The van der Waals surface area contributed by atoms with E-state index in [0.717, 1.165) is 6.20 Å². The van der Waals surface area contributed by atoms with Crippen molar-refractivity contribution in [1.82, 2.24) is 4.98 Å². The van der Waals surface area contributed by atoms with E-state index < -0.39 is 5.97 Å². The normalized spacial score (nSPS) is 9.00. The Kier molecular flexibility index (Phi) is 2.26. The lowest BCUT2D eigenvalue weighted by molar-refractivity contribution is 0.0696. The molecule has 4 nitrogen and oxygen atoms in total. The summed E-state index contributed by atoms with van der Waals surface area (Å²) in [6, 6.07) is 2.93. The van der Waals surface area contributed by atoms with Crippen LogP contribution >= 0.6 is 11.6 Å². The van der Waals surface area contributed by atoms with Gasteiger partial charge in [0.25, 0.3) is 0 Å². The number of nitriles is 1. The smallest absolute Gasteiger partial charge is 0.338 e. The molecule has 5 heteroatoms. The van der Waals surface area contributed by atoms with Gasteiger partial charge in [-0.3, -0.25) is 0 Å². The summed E-state index contributed by atoms with van der Waals surface area (Å²) >= 11 is 5.45. The first-order chi connectivity index (χ1) is 5.65. The van der Waals surface area contributed by atoms with Crippen LogP contribution in [-0.2, 0) is 0 Å². The van der Waals surface area contributed by atoms with Gasteiger partial charge in [-0.2, -0.15) is 5.26 Å². The molecule has 0 saturated heterocycles. The Morgan fingerprint density at radius 1 is 1.75 bits per heavy atom. The Hall–Kier alpha value is -1.60. The molecule has 0 aliphatic heterocycles. The molecular formula is C7H3ClN2O2. The molecule has 60 valence electrons. The van der Waals surface area contributed by atoms with Crippen LogP contribution in [0.4, 0.5) is 0 Å². The van der Waals surface area contributed by atoms with Gasteiger partial charge >= 0.3 is 5.97 Å². The molecule has 0 spiro atoms. The number of carbonyl (C=O) groups is 1. The van der Waals surface area contributed by atoms with Crippen LogP contribution in [0, 0.1) is 11.3 Å². The molecule has 1 N–H and O–H groups in total. The first kappa shape index (κ1) is 8.50. The number of hydrogen-bond donors (Lipinski definition) is 1. The van der Waals surface area contributed by atoms with Crippen molar-refractivity contribution < 1.29 is 9.90 Å². The predicted molar refractivity (Wildman–Crippen MR) is 40.9 cm³/mol. The van der Waals surface area contributed by atoms with Crippen LogP contribution in [0.25, 0.3) is 0 Å². The van der Waals surface area contributed by atoms with Crippen LogP contribution in [0.15, 0.2) is 12.3 Å². The molecule has 0 atom stereocenters. The van der Waals surface area contributed by atoms with E-state index in [4.69, 9.17) is 22.0 Å². The largest absolute Gasteiger partial charge is 0.478 e. The van der Waals surface area contributed by atoms with Gasteiger partial charge in [0.15, 0.2) is 0 Å². The highest BCUT2D eigenvalue weighted by molar-refractivity contribution is 6.29. The Morgan fingerprint density at radius 3 is 2.92 bits per heavy atom. The van der Waals surface area contributed by atoms with Crippen LogP contribution in [0.3, 0.4) is 0 Å². The molecule has 0 aliphatic carbocycles. The summed E-state index contributed by atoms with van der Waals surface area (Å²) in [5.41, 5.74) is -0.121. The van der Waals surface area contributed by atoms with E-state index >= 15 is 0 Å². The van der Waals surface area contributed by atoms with E-state index in [9.17, 15) is 4.79 Å². The zero-order valence-electron chi connectivity index (χ0n) is 5.78. The molecule has 0 fully saturated rings. The molecule has 0 aromatic carbocycles. The molecule has 1 rings (SSSR count). The van der Waals surface area contributed by atoms with Crippen molar-refractivity contribution in [3.05, 3.63) is 28.5 Å². The number of hydrogen-bond acceptors (Lipinski definition) is 3. The van der Waals surface area contributed by atoms with E-state index in [0.29, 0.717) is 0 Å². The topological polar surface area (TPSA) is 74.0 Å². The van der Waals surface area contributed by atoms with Gasteiger partial charge in [-0.05, 0) is 6.07 Å². The second-order valence-corrected chi connectivity index (χ2v) is 2.36. The van der Waals surface area contributed by atoms with Crippen LogP contribution in [0.1, 0.15) is 15.9 Å². The number of rotatable bonds is 1. The number of aromatic carboxylic acids is 1. The molecule has 1 aromatic rings. The number of carboxylic acid groups (broad SMARTS) is 1. The minimum atomic E-state index is -1.18. The molecule has 0 saturated carbocycles. The summed E-state index contributed by atoms with van der Waals surface area (Å²) < 4.78 is 0. The highest BCUT2D eigenvalue weighted by Gasteiger charge is 2.10. The maximum absolute atomic E-state index is 10.5. The SMILES string of the molecule is N#Cc1cc(Cl)ncc1C(=O)O. The zero-order chi connectivity index (χ0) is 9.14. The summed E-state index contributed by atoms with van der Waals surface area (Å²) in [6.45, 7) is 0. The van der Waals surface area contributed by atoms with Gasteiger partial charge in [-0.25, -0.2) is 9.78 Å². The molecule has 0 unspecified atom stereocenters. The highest BCUT2D eigenvalue weighted by Crippen LogP contribution is 2.11. The minimum absolute atomic E-state index is 0.0162. The first-order valence-electron chi connectivity index (χ1n) is 2.94. The van der Waals surface area contributed by atoms with Gasteiger partial charge in [-0.15, -0.1) is 0 Å². The van der Waals surface area contributed by atoms with Crippen LogP contribution in [0.2, 0.25) is 5.15 Å². The number of pyridine rings is 1. The summed E-state index contributed by atoms with van der Waals surface area (Å²) in [7, 11) is 0. The fourth-order valence-electron chi connectivity index (χ4n) is 0.693. The summed E-state index contributed by atoms with van der Waals surface area (Å²) in [4.78, 5) is 14.0. The Balaban J connectivity index is 3.32. The number of aromatic nitrogens is 1. The average Bonchev–Trinajstić information content (AvgIpc) is 2.03. The first-order valence-corrected chi connectivity index (χ1v) is 3.32. The van der Waals surface area contributed by atoms with Crippen molar-refractivity contribution in [3.8, 4) is 6.07 Å². The zero-order valence-corrected chi connectivity index (χ0v) is 6.54. The van der Waals surface area contributed by atoms with Gasteiger partial charge in [0.05, 0.1) is 11.1 Å².